The Morgan fingerprint density at radius 2 is 1.53 bits per heavy atom. The smallest absolute Gasteiger partial charge is 0.263 e. The number of rotatable bonds is 7. The molecule has 0 atom stereocenters. The summed E-state index contributed by atoms with van der Waals surface area (Å²) in [6, 6.07) is 21.4. The minimum Gasteiger partial charge on any atom is -0.489 e. The van der Waals surface area contributed by atoms with E-state index < -0.39 is 0 Å². The predicted octanol–water partition coefficient (Wildman–Crippen LogP) is 6.86. The first kappa shape index (κ1) is 23.0. The number of ether oxygens (including phenoxy) is 2. The summed E-state index contributed by atoms with van der Waals surface area (Å²) in [5.74, 6) is 1.08. The van der Waals surface area contributed by atoms with E-state index in [0.717, 1.165) is 25.6 Å². The van der Waals surface area contributed by atoms with Gasteiger partial charge in [-0.1, -0.05) is 92.2 Å². The maximum Gasteiger partial charge on any atom is 0.263 e. The van der Waals surface area contributed by atoms with Gasteiger partial charge in [-0.05, 0) is 30.3 Å². The maximum absolute atomic E-state index is 12.1. The minimum atomic E-state index is -0.203. The van der Waals surface area contributed by atoms with Gasteiger partial charge in [0.2, 0.25) is 0 Å². The lowest BCUT2D eigenvalue weighted by atomic mass is 10.1. The molecule has 1 N–H and O–H groups in total. The van der Waals surface area contributed by atoms with Crippen molar-refractivity contribution in [2.24, 2.45) is 0 Å². The third-order valence-electron chi connectivity index (χ3n) is 4.61. The van der Waals surface area contributed by atoms with Crippen LogP contribution in [0.2, 0.25) is 0 Å². The Morgan fingerprint density at radius 3 is 2.12 bits per heavy atom. The SMILES string of the molecule is O=C1NC(=S)S/C1=C\c1ccc(OCc2ccccc2Br)cc1OCc1ccccc1Br. The zero-order valence-corrected chi connectivity index (χ0v) is 21.4. The van der Waals surface area contributed by atoms with Crippen molar-refractivity contribution in [3.63, 3.8) is 0 Å². The molecule has 3 aromatic rings. The molecule has 0 unspecified atom stereocenters. The van der Waals surface area contributed by atoms with E-state index in [1.54, 1.807) is 6.08 Å². The molecular weight excluding hydrogens is 574 g/mol. The third kappa shape index (κ3) is 5.81. The fourth-order valence-corrected chi connectivity index (χ4v) is 4.79. The van der Waals surface area contributed by atoms with E-state index >= 15 is 0 Å². The summed E-state index contributed by atoms with van der Waals surface area (Å²) in [5, 5.41) is 2.64. The van der Waals surface area contributed by atoms with Crippen molar-refractivity contribution in [3.8, 4) is 11.5 Å². The highest BCUT2D eigenvalue weighted by Gasteiger charge is 2.22. The lowest BCUT2D eigenvalue weighted by Gasteiger charge is -2.14. The fourth-order valence-electron chi connectivity index (χ4n) is 2.96. The van der Waals surface area contributed by atoms with Crippen molar-refractivity contribution in [2.75, 3.05) is 0 Å². The van der Waals surface area contributed by atoms with Crippen molar-refractivity contribution in [2.45, 2.75) is 13.2 Å². The van der Waals surface area contributed by atoms with Gasteiger partial charge in [-0.2, -0.15) is 0 Å². The van der Waals surface area contributed by atoms with Gasteiger partial charge in [-0.15, -0.1) is 0 Å². The Balaban J connectivity index is 1.59. The maximum atomic E-state index is 12.1. The van der Waals surface area contributed by atoms with Gasteiger partial charge in [-0.3, -0.25) is 4.79 Å². The predicted molar refractivity (Wildman–Crippen MR) is 140 cm³/mol. The standard InChI is InChI=1S/C24H17Br2NO3S2/c25-19-7-3-1-5-16(19)13-29-18-10-9-15(11-22-23(28)27-24(31)32-22)21(12-18)30-14-17-6-2-4-8-20(17)26/h1-12H,13-14H2,(H,27,28,31)/b22-11-. The summed E-state index contributed by atoms with van der Waals surface area (Å²) in [6.07, 6.45) is 1.78. The highest BCUT2D eigenvalue weighted by Crippen LogP contribution is 2.33. The van der Waals surface area contributed by atoms with Gasteiger partial charge in [-0.25, -0.2) is 0 Å². The summed E-state index contributed by atoms with van der Waals surface area (Å²) in [6.45, 7) is 0.779. The lowest BCUT2D eigenvalue weighted by Crippen LogP contribution is -2.17. The van der Waals surface area contributed by atoms with Gasteiger partial charge >= 0.3 is 0 Å². The van der Waals surface area contributed by atoms with E-state index in [-0.39, 0.29) is 5.91 Å². The number of hydrogen-bond donors (Lipinski definition) is 1. The number of carbonyl (C=O) groups excluding carboxylic acids is 1. The normalized spacial score (nSPS) is 14.5. The van der Waals surface area contributed by atoms with E-state index in [0.29, 0.717) is 33.9 Å². The van der Waals surface area contributed by atoms with Crippen molar-refractivity contribution in [1.82, 2.24) is 5.32 Å². The zero-order chi connectivity index (χ0) is 22.5. The second-order valence-corrected chi connectivity index (χ2v) is 10.2. The largest absolute Gasteiger partial charge is 0.489 e. The third-order valence-corrected chi connectivity index (χ3v) is 7.32. The average molecular weight is 591 g/mol. The Labute approximate surface area is 212 Å². The number of nitrogens with one attached hydrogen (secondary N) is 1. The molecule has 1 saturated heterocycles. The average Bonchev–Trinajstić information content (AvgIpc) is 3.10. The number of halogens is 2. The second kappa shape index (κ2) is 10.7. The molecule has 1 aliphatic heterocycles. The monoisotopic (exact) mass is 589 g/mol. The fraction of sp³-hybridized carbons (Fsp3) is 0.0833. The molecule has 0 radical (unpaired) electrons. The van der Waals surface area contributed by atoms with Gasteiger partial charge in [0.15, 0.2) is 0 Å². The van der Waals surface area contributed by atoms with Crippen molar-refractivity contribution < 1.29 is 14.3 Å². The lowest BCUT2D eigenvalue weighted by molar-refractivity contribution is -0.115. The number of carbonyl (C=O) groups is 1. The molecule has 8 heteroatoms. The van der Waals surface area contributed by atoms with E-state index in [9.17, 15) is 4.79 Å². The van der Waals surface area contributed by atoms with Crippen LogP contribution in [0.25, 0.3) is 6.08 Å². The first-order valence-corrected chi connectivity index (χ1v) is 12.4. The molecule has 0 bridgehead atoms. The van der Waals surface area contributed by atoms with Crippen LogP contribution in [0.5, 0.6) is 11.5 Å². The van der Waals surface area contributed by atoms with E-state index in [1.807, 2.05) is 66.7 Å². The molecule has 1 fully saturated rings. The quantitative estimate of drug-likeness (QED) is 0.241. The number of thioether (sulfide) groups is 1. The summed E-state index contributed by atoms with van der Waals surface area (Å²) in [4.78, 5) is 12.6. The number of hydrogen-bond acceptors (Lipinski definition) is 5. The van der Waals surface area contributed by atoms with Crippen LogP contribution in [0.4, 0.5) is 0 Å². The van der Waals surface area contributed by atoms with E-state index in [2.05, 4.69) is 37.2 Å². The molecule has 1 amide bonds. The molecule has 0 spiro atoms. The van der Waals surface area contributed by atoms with Crippen LogP contribution >= 0.6 is 55.8 Å². The Bertz CT molecular complexity index is 1210. The summed E-state index contributed by atoms with van der Waals surface area (Å²) >= 11 is 13.4. The molecule has 0 aromatic heterocycles. The molecule has 32 heavy (non-hydrogen) atoms. The van der Waals surface area contributed by atoms with Gasteiger partial charge < -0.3 is 14.8 Å². The summed E-state index contributed by atoms with van der Waals surface area (Å²) < 4.78 is 14.6. The highest BCUT2D eigenvalue weighted by atomic mass is 79.9. The van der Waals surface area contributed by atoms with Crippen molar-refractivity contribution >= 4 is 72.1 Å². The van der Waals surface area contributed by atoms with E-state index in [1.165, 1.54) is 11.8 Å². The van der Waals surface area contributed by atoms with Crippen LogP contribution in [0, 0.1) is 0 Å². The first-order chi connectivity index (χ1) is 15.5. The molecule has 3 aromatic carbocycles. The topological polar surface area (TPSA) is 47.6 Å². The van der Waals surface area contributed by atoms with Crippen LogP contribution in [-0.2, 0) is 18.0 Å². The van der Waals surface area contributed by atoms with Crippen molar-refractivity contribution in [1.29, 1.82) is 0 Å². The molecule has 0 aliphatic carbocycles. The molecule has 1 aliphatic rings. The minimum absolute atomic E-state index is 0.203. The summed E-state index contributed by atoms with van der Waals surface area (Å²) in [7, 11) is 0. The van der Waals surface area contributed by atoms with Crippen LogP contribution < -0.4 is 14.8 Å². The number of amides is 1. The first-order valence-electron chi connectivity index (χ1n) is 9.61. The van der Waals surface area contributed by atoms with Crippen LogP contribution in [-0.4, -0.2) is 10.2 Å². The van der Waals surface area contributed by atoms with Gasteiger partial charge in [0.05, 0.1) is 4.91 Å². The molecular formula is C24H17Br2NO3S2. The Hall–Kier alpha value is -2.13. The molecule has 1 heterocycles. The number of thiocarbonyl (C=S) groups is 1. The second-order valence-electron chi connectivity index (χ2n) is 6.81. The Morgan fingerprint density at radius 1 is 0.906 bits per heavy atom. The van der Waals surface area contributed by atoms with Gasteiger partial charge in [0.1, 0.15) is 29.0 Å². The van der Waals surface area contributed by atoms with Gasteiger partial charge in [0, 0.05) is 31.7 Å². The van der Waals surface area contributed by atoms with E-state index in [4.69, 9.17) is 21.7 Å². The number of benzene rings is 3. The molecule has 162 valence electrons. The van der Waals surface area contributed by atoms with Gasteiger partial charge in [0.25, 0.3) is 5.91 Å². The molecule has 0 saturated carbocycles. The van der Waals surface area contributed by atoms with Crippen LogP contribution in [0.15, 0.2) is 80.6 Å². The highest BCUT2D eigenvalue weighted by molar-refractivity contribution is 9.10. The zero-order valence-electron chi connectivity index (χ0n) is 16.6. The Kier molecular flexibility index (Phi) is 7.67. The van der Waals surface area contributed by atoms with Crippen LogP contribution in [0.3, 0.4) is 0 Å². The van der Waals surface area contributed by atoms with Crippen molar-refractivity contribution in [3.05, 3.63) is 97.3 Å². The summed E-state index contributed by atoms with van der Waals surface area (Å²) in [5.41, 5.74) is 2.83. The molecule has 4 nitrogen and oxygen atoms in total. The van der Waals surface area contributed by atoms with Crippen LogP contribution in [0.1, 0.15) is 16.7 Å². The molecule has 4 rings (SSSR count).